The lowest BCUT2D eigenvalue weighted by Gasteiger charge is -2.36. The van der Waals surface area contributed by atoms with E-state index in [1.54, 1.807) is 30.7 Å². The van der Waals surface area contributed by atoms with Crippen LogP contribution in [0.1, 0.15) is 11.5 Å². The molecule has 0 spiro atoms. The molecule has 0 aromatic carbocycles. The molecule has 3 aromatic heterocycles. The van der Waals surface area contributed by atoms with Gasteiger partial charge in [0.05, 0.1) is 28.7 Å². The summed E-state index contributed by atoms with van der Waals surface area (Å²) in [5.41, 5.74) is 1.56. The number of hydrogen-bond acceptors (Lipinski definition) is 10. The van der Waals surface area contributed by atoms with E-state index in [0.717, 1.165) is 30.5 Å². The van der Waals surface area contributed by atoms with Crippen LogP contribution < -0.4 is 19.9 Å². The van der Waals surface area contributed by atoms with Crippen molar-refractivity contribution in [2.45, 2.75) is 6.61 Å². The minimum Gasteiger partial charge on any atom is -0.469 e. The van der Waals surface area contributed by atoms with Gasteiger partial charge in [0, 0.05) is 38.4 Å². The van der Waals surface area contributed by atoms with E-state index in [9.17, 15) is 9.59 Å². The number of furan rings is 1. The monoisotopic (exact) mass is 464 g/mol. The van der Waals surface area contributed by atoms with Gasteiger partial charge in [0.1, 0.15) is 12.4 Å². The number of hydrogen-bond donors (Lipinski definition) is 1. The number of rotatable bonds is 6. The van der Waals surface area contributed by atoms with E-state index in [4.69, 9.17) is 9.15 Å². The number of amides is 2. The molecule has 0 saturated carbocycles. The Kier molecular flexibility index (Phi) is 5.94. The van der Waals surface area contributed by atoms with Crippen LogP contribution in [-0.2, 0) is 11.4 Å². The zero-order valence-corrected chi connectivity index (χ0v) is 18.3. The predicted octanol–water partition coefficient (Wildman–Crippen LogP) is 2.69. The smallest absolute Gasteiger partial charge is 0.290 e. The van der Waals surface area contributed by atoms with E-state index in [0.29, 0.717) is 36.4 Å². The van der Waals surface area contributed by atoms with Gasteiger partial charge in [0.15, 0.2) is 0 Å². The summed E-state index contributed by atoms with van der Waals surface area (Å²) in [7, 11) is 0. The second-order valence-electron chi connectivity index (χ2n) is 7.34. The third-order valence-corrected chi connectivity index (χ3v) is 5.96. The minimum absolute atomic E-state index is 0.210. The predicted molar refractivity (Wildman–Crippen MR) is 123 cm³/mol. The van der Waals surface area contributed by atoms with Crippen molar-refractivity contribution in [3.8, 4) is 5.88 Å². The number of imide groups is 1. The molecular weight excluding hydrogens is 444 g/mol. The van der Waals surface area contributed by atoms with Crippen LogP contribution in [0.3, 0.4) is 0 Å². The number of carbonyl (C=O) groups excluding carboxylic acids is 2. The molecule has 2 fully saturated rings. The van der Waals surface area contributed by atoms with Crippen LogP contribution in [0.4, 0.5) is 16.4 Å². The number of piperazine rings is 1. The summed E-state index contributed by atoms with van der Waals surface area (Å²) in [5, 5.41) is 1.85. The molecule has 0 bridgehead atoms. The standard InChI is InChI=1S/C22H20N6O4S/c29-20-18(33-22(30)26-20)11-15-12-19(32-14-17-4-2-10-31-17)25-21(24-15)28-8-6-27(7-9-28)16-3-1-5-23-13-16/h1-5,10-13H,6-9,14H2,(H,26,29,30)/b18-11+. The number of ether oxygens (including phenoxy) is 1. The highest BCUT2D eigenvalue weighted by Crippen LogP contribution is 2.27. The zero-order chi connectivity index (χ0) is 22.6. The van der Waals surface area contributed by atoms with Gasteiger partial charge in [-0.2, -0.15) is 4.98 Å². The third kappa shape index (κ3) is 4.98. The number of carbonyl (C=O) groups is 2. The largest absolute Gasteiger partial charge is 0.469 e. The Morgan fingerprint density at radius 1 is 1.12 bits per heavy atom. The van der Waals surface area contributed by atoms with E-state index < -0.39 is 11.1 Å². The van der Waals surface area contributed by atoms with Crippen LogP contribution in [0.5, 0.6) is 5.88 Å². The molecule has 5 rings (SSSR count). The summed E-state index contributed by atoms with van der Waals surface area (Å²) >= 11 is 0.844. The van der Waals surface area contributed by atoms with Gasteiger partial charge in [-0.3, -0.25) is 19.9 Å². The lowest BCUT2D eigenvalue weighted by molar-refractivity contribution is -0.115. The van der Waals surface area contributed by atoms with Crippen LogP contribution in [0.15, 0.2) is 58.3 Å². The summed E-state index contributed by atoms with van der Waals surface area (Å²) < 4.78 is 11.2. The Hall–Kier alpha value is -3.86. The van der Waals surface area contributed by atoms with Gasteiger partial charge < -0.3 is 19.0 Å². The molecule has 0 aliphatic carbocycles. The van der Waals surface area contributed by atoms with Crippen molar-refractivity contribution in [1.29, 1.82) is 0 Å². The fraction of sp³-hybridized carbons (Fsp3) is 0.227. The van der Waals surface area contributed by atoms with Crippen LogP contribution in [0.2, 0.25) is 0 Å². The summed E-state index contributed by atoms with van der Waals surface area (Å²) in [6.45, 7) is 3.20. The van der Waals surface area contributed by atoms with Gasteiger partial charge in [0.2, 0.25) is 11.8 Å². The van der Waals surface area contributed by atoms with Crippen molar-refractivity contribution in [3.05, 3.63) is 65.3 Å². The number of nitrogens with one attached hydrogen (secondary N) is 1. The molecular formula is C22H20N6O4S. The van der Waals surface area contributed by atoms with Crippen molar-refractivity contribution < 1.29 is 18.7 Å². The summed E-state index contributed by atoms with van der Waals surface area (Å²) in [5.74, 6) is 1.08. The number of pyridine rings is 1. The minimum atomic E-state index is -0.437. The molecule has 10 nitrogen and oxygen atoms in total. The van der Waals surface area contributed by atoms with Crippen LogP contribution in [0.25, 0.3) is 6.08 Å². The first-order chi connectivity index (χ1) is 16.1. The van der Waals surface area contributed by atoms with E-state index in [1.807, 2.05) is 24.4 Å². The number of thioether (sulfide) groups is 1. The van der Waals surface area contributed by atoms with Gasteiger partial charge >= 0.3 is 0 Å². The Labute approximate surface area is 193 Å². The highest BCUT2D eigenvalue weighted by atomic mass is 32.2. The highest BCUT2D eigenvalue weighted by Gasteiger charge is 2.26. The first-order valence-electron chi connectivity index (χ1n) is 10.3. The molecule has 0 radical (unpaired) electrons. The Balaban J connectivity index is 1.37. The molecule has 0 unspecified atom stereocenters. The fourth-order valence-corrected chi connectivity index (χ4v) is 4.19. The summed E-state index contributed by atoms with van der Waals surface area (Å²) in [6.07, 6.45) is 6.76. The van der Waals surface area contributed by atoms with Gasteiger partial charge in [-0.25, -0.2) is 4.98 Å². The van der Waals surface area contributed by atoms with Crippen molar-refractivity contribution in [3.63, 3.8) is 0 Å². The quantitative estimate of drug-likeness (QED) is 0.546. The van der Waals surface area contributed by atoms with Crippen molar-refractivity contribution >= 4 is 40.6 Å². The number of nitrogens with zero attached hydrogens (tertiary/aromatic N) is 5. The first kappa shape index (κ1) is 21.0. The first-order valence-corrected chi connectivity index (χ1v) is 11.1. The van der Waals surface area contributed by atoms with Gasteiger partial charge in [-0.05, 0) is 42.1 Å². The summed E-state index contributed by atoms with van der Waals surface area (Å²) in [4.78, 5) is 41.5. The normalized spacial score (nSPS) is 17.5. The molecule has 2 amide bonds. The maximum Gasteiger partial charge on any atom is 0.290 e. The summed E-state index contributed by atoms with van der Waals surface area (Å²) in [6, 6.07) is 9.20. The molecule has 2 saturated heterocycles. The highest BCUT2D eigenvalue weighted by molar-refractivity contribution is 8.18. The Morgan fingerprint density at radius 3 is 2.67 bits per heavy atom. The van der Waals surface area contributed by atoms with Crippen LogP contribution >= 0.6 is 11.8 Å². The molecule has 2 aliphatic heterocycles. The van der Waals surface area contributed by atoms with Crippen LogP contribution in [0, 0.1) is 0 Å². The van der Waals surface area contributed by atoms with Crippen molar-refractivity contribution in [1.82, 2.24) is 20.3 Å². The third-order valence-electron chi connectivity index (χ3n) is 5.15. The molecule has 2 aliphatic rings. The fourth-order valence-electron chi connectivity index (χ4n) is 3.52. The molecule has 5 heterocycles. The van der Waals surface area contributed by atoms with Gasteiger partial charge in [-0.15, -0.1) is 0 Å². The number of anilines is 2. The SMILES string of the molecule is O=C1NC(=O)/C(=C\c2cc(OCc3ccco3)nc(N3CCN(c4cccnc4)CC3)n2)S1. The van der Waals surface area contributed by atoms with E-state index >= 15 is 0 Å². The molecule has 1 N–H and O–H groups in total. The second kappa shape index (κ2) is 9.33. The van der Waals surface area contributed by atoms with E-state index in [2.05, 4.69) is 30.1 Å². The Bertz CT molecular complexity index is 1180. The van der Waals surface area contributed by atoms with Gasteiger partial charge in [-0.1, -0.05) is 0 Å². The average molecular weight is 465 g/mol. The second-order valence-corrected chi connectivity index (χ2v) is 8.35. The number of aromatic nitrogens is 3. The van der Waals surface area contributed by atoms with Crippen molar-refractivity contribution in [2.75, 3.05) is 36.0 Å². The topological polar surface area (TPSA) is 114 Å². The molecule has 168 valence electrons. The average Bonchev–Trinajstić information content (AvgIpc) is 3.47. The van der Waals surface area contributed by atoms with Crippen LogP contribution in [-0.4, -0.2) is 52.3 Å². The molecule has 11 heteroatoms. The van der Waals surface area contributed by atoms with E-state index in [-0.39, 0.29) is 11.5 Å². The maximum absolute atomic E-state index is 12.0. The van der Waals surface area contributed by atoms with E-state index in [1.165, 1.54) is 0 Å². The maximum atomic E-state index is 12.0. The molecule has 0 atom stereocenters. The van der Waals surface area contributed by atoms with Gasteiger partial charge in [0.25, 0.3) is 11.1 Å². The Morgan fingerprint density at radius 2 is 1.97 bits per heavy atom. The molecule has 33 heavy (non-hydrogen) atoms. The lowest BCUT2D eigenvalue weighted by atomic mass is 10.3. The lowest BCUT2D eigenvalue weighted by Crippen LogP contribution is -2.47. The molecule has 3 aromatic rings. The van der Waals surface area contributed by atoms with Crippen molar-refractivity contribution in [2.24, 2.45) is 0 Å². The zero-order valence-electron chi connectivity index (χ0n) is 17.5.